The van der Waals surface area contributed by atoms with E-state index in [1.54, 1.807) is 4.57 Å². The standard InChI is InChI=1S/C19H18F3N5O2S/c1-11(2)27-17-5-12(22)3-4-15(17)16(8-23)18(27)19-24-9-14(10-25-19)30(28,29)26-13(6-20)7-21/h3-5,9-11,13,26H,6-7H2,1-2H3. The number of nitrogens with one attached hydrogen (secondary N) is 1. The van der Waals surface area contributed by atoms with Gasteiger partial charge in [0.25, 0.3) is 0 Å². The third kappa shape index (κ3) is 3.88. The predicted octanol–water partition coefficient (Wildman–Crippen LogP) is 3.28. The van der Waals surface area contributed by atoms with E-state index in [2.05, 4.69) is 16.0 Å². The monoisotopic (exact) mass is 437 g/mol. The molecule has 7 nitrogen and oxygen atoms in total. The molecular weight excluding hydrogens is 419 g/mol. The largest absolute Gasteiger partial charge is 0.334 e. The van der Waals surface area contributed by atoms with Crippen molar-refractivity contribution in [1.29, 1.82) is 5.26 Å². The molecule has 2 heterocycles. The van der Waals surface area contributed by atoms with Crippen LogP contribution in [0.5, 0.6) is 0 Å². The lowest BCUT2D eigenvalue weighted by molar-refractivity contribution is 0.334. The van der Waals surface area contributed by atoms with Crippen LogP contribution >= 0.6 is 0 Å². The summed E-state index contributed by atoms with van der Waals surface area (Å²) in [6, 6.07) is 4.43. The molecule has 1 N–H and O–H groups in total. The second-order valence-electron chi connectivity index (χ2n) is 6.83. The van der Waals surface area contributed by atoms with Crippen molar-refractivity contribution in [3.63, 3.8) is 0 Å². The number of sulfonamides is 1. The molecule has 0 saturated heterocycles. The Labute approximate surface area is 171 Å². The van der Waals surface area contributed by atoms with Crippen molar-refractivity contribution >= 4 is 20.9 Å². The van der Waals surface area contributed by atoms with E-state index < -0.39 is 35.2 Å². The molecule has 158 valence electrons. The summed E-state index contributed by atoms with van der Waals surface area (Å²) in [5.74, 6) is -0.412. The number of aromatic nitrogens is 3. The number of rotatable bonds is 7. The Hall–Kier alpha value is -2.97. The van der Waals surface area contributed by atoms with Crippen molar-refractivity contribution in [3.8, 4) is 17.6 Å². The molecule has 1 aromatic carbocycles. The highest BCUT2D eigenvalue weighted by Gasteiger charge is 2.25. The molecule has 3 aromatic rings. The van der Waals surface area contributed by atoms with E-state index >= 15 is 0 Å². The molecule has 0 atom stereocenters. The van der Waals surface area contributed by atoms with Gasteiger partial charge in [-0.3, -0.25) is 0 Å². The van der Waals surface area contributed by atoms with Crippen LogP contribution < -0.4 is 4.72 Å². The molecule has 0 fully saturated rings. The topological polar surface area (TPSA) is 101 Å². The van der Waals surface area contributed by atoms with Crippen molar-refractivity contribution in [2.75, 3.05) is 13.3 Å². The predicted molar refractivity (Wildman–Crippen MR) is 104 cm³/mol. The average molecular weight is 437 g/mol. The summed E-state index contributed by atoms with van der Waals surface area (Å²) in [4.78, 5) is 7.74. The highest BCUT2D eigenvalue weighted by Crippen LogP contribution is 2.34. The molecule has 0 amide bonds. The molecule has 30 heavy (non-hydrogen) atoms. The van der Waals surface area contributed by atoms with Crippen LogP contribution in [0.3, 0.4) is 0 Å². The first-order valence-corrected chi connectivity index (χ1v) is 10.4. The van der Waals surface area contributed by atoms with E-state index in [4.69, 9.17) is 0 Å². The van der Waals surface area contributed by atoms with Gasteiger partial charge in [0, 0.05) is 11.4 Å². The van der Waals surface area contributed by atoms with Crippen LogP contribution in [-0.4, -0.2) is 42.3 Å². The minimum atomic E-state index is -4.23. The van der Waals surface area contributed by atoms with E-state index in [0.717, 1.165) is 12.4 Å². The van der Waals surface area contributed by atoms with Gasteiger partial charge in [-0.25, -0.2) is 36.3 Å². The molecule has 0 bridgehead atoms. The number of nitrogens with zero attached hydrogens (tertiary/aromatic N) is 4. The second kappa shape index (κ2) is 8.41. The van der Waals surface area contributed by atoms with Crippen LogP contribution in [0, 0.1) is 17.1 Å². The SMILES string of the molecule is CC(C)n1c(-c2ncc(S(=O)(=O)NC(CF)CF)cn2)c(C#N)c2ccc(F)cc21. The Bertz CT molecular complexity index is 1210. The molecule has 0 aliphatic heterocycles. The van der Waals surface area contributed by atoms with Gasteiger partial charge < -0.3 is 4.57 Å². The van der Waals surface area contributed by atoms with Gasteiger partial charge in [-0.05, 0) is 32.0 Å². The number of hydrogen-bond donors (Lipinski definition) is 1. The molecule has 0 unspecified atom stereocenters. The first-order valence-electron chi connectivity index (χ1n) is 8.93. The van der Waals surface area contributed by atoms with Gasteiger partial charge in [-0.2, -0.15) is 5.26 Å². The molecule has 0 saturated carbocycles. The summed E-state index contributed by atoms with van der Waals surface area (Å²) in [7, 11) is -4.23. The summed E-state index contributed by atoms with van der Waals surface area (Å²) < 4.78 is 67.3. The van der Waals surface area contributed by atoms with Crippen LogP contribution in [0.1, 0.15) is 25.5 Å². The normalized spacial score (nSPS) is 12.1. The van der Waals surface area contributed by atoms with Crippen molar-refractivity contribution in [2.45, 2.75) is 30.8 Å². The maximum atomic E-state index is 13.8. The number of benzene rings is 1. The summed E-state index contributed by atoms with van der Waals surface area (Å²) in [5, 5.41) is 10.2. The van der Waals surface area contributed by atoms with E-state index in [1.807, 2.05) is 18.6 Å². The quantitative estimate of drug-likeness (QED) is 0.611. The smallest absolute Gasteiger partial charge is 0.244 e. The number of halogens is 3. The fourth-order valence-electron chi connectivity index (χ4n) is 3.12. The Morgan fingerprint density at radius 1 is 1.20 bits per heavy atom. The number of hydrogen-bond acceptors (Lipinski definition) is 5. The van der Waals surface area contributed by atoms with Gasteiger partial charge in [0.05, 0.1) is 29.5 Å². The minimum Gasteiger partial charge on any atom is -0.334 e. The average Bonchev–Trinajstić information content (AvgIpc) is 3.05. The van der Waals surface area contributed by atoms with Crippen LogP contribution in [0.4, 0.5) is 13.2 Å². The zero-order valence-electron chi connectivity index (χ0n) is 16.1. The molecule has 0 spiro atoms. The van der Waals surface area contributed by atoms with E-state index in [-0.39, 0.29) is 22.3 Å². The fraction of sp³-hybridized carbons (Fsp3) is 0.316. The highest BCUT2D eigenvalue weighted by molar-refractivity contribution is 7.89. The van der Waals surface area contributed by atoms with Crippen molar-refractivity contribution < 1.29 is 21.6 Å². The van der Waals surface area contributed by atoms with Gasteiger partial charge in [-0.1, -0.05) is 0 Å². The fourth-order valence-corrected chi connectivity index (χ4v) is 4.21. The number of alkyl halides is 2. The van der Waals surface area contributed by atoms with Gasteiger partial charge in [-0.15, -0.1) is 0 Å². The Balaban J connectivity index is 2.13. The van der Waals surface area contributed by atoms with Crippen LogP contribution in [0.15, 0.2) is 35.5 Å². The molecule has 0 aliphatic carbocycles. The van der Waals surface area contributed by atoms with Crippen LogP contribution in [0.25, 0.3) is 22.4 Å². The summed E-state index contributed by atoms with van der Waals surface area (Å²) in [6.45, 7) is 1.27. The first kappa shape index (κ1) is 21.7. The number of nitriles is 1. The van der Waals surface area contributed by atoms with Gasteiger partial charge in [0.2, 0.25) is 10.0 Å². The van der Waals surface area contributed by atoms with E-state index in [1.165, 1.54) is 18.2 Å². The Morgan fingerprint density at radius 2 is 1.83 bits per heavy atom. The van der Waals surface area contributed by atoms with Crippen molar-refractivity contribution in [2.24, 2.45) is 0 Å². The number of fused-ring (bicyclic) bond motifs is 1. The lowest BCUT2D eigenvalue weighted by atomic mass is 10.1. The van der Waals surface area contributed by atoms with Gasteiger partial charge >= 0.3 is 0 Å². The third-order valence-electron chi connectivity index (χ3n) is 4.44. The highest BCUT2D eigenvalue weighted by atomic mass is 32.2. The lowest BCUT2D eigenvalue weighted by Crippen LogP contribution is -2.38. The maximum Gasteiger partial charge on any atom is 0.244 e. The van der Waals surface area contributed by atoms with Gasteiger partial charge in [0.1, 0.15) is 35.8 Å². The summed E-state index contributed by atoms with van der Waals surface area (Å²) >= 11 is 0. The lowest BCUT2D eigenvalue weighted by Gasteiger charge is -2.15. The second-order valence-corrected chi connectivity index (χ2v) is 8.54. The van der Waals surface area contributed by atoms with Crippen LogP contribution in [-0.2, 0) is 10.0 Å². The summed E-state index contributed by atoms with van der Waals surface area (Å²) in [5.41, 5.74) is 1.02. The zero-order valence-corrected chi connectivity index (χ0v) is 16.9. The molecule has 11 heteroatoms. The zero-order chi connectivity index (χ0) is 22.1. The van der Waals surface area contributed by atoms with Crippen molar-refractivity contribution in [1.82, 2.24) is 19.3 Å². The van der Waals surface area contributed by atoms with Crippen LogP contribution in [0.2, 0.25) is 0 Å². The minimum absolute atomic E-state index is 0.0586. The third-order valence-corrected chi connectivity index (χ3v) is 5.91. The molecule has 0 aliphatic rings. The molecule has 3 rings (SSSR count). The Morgan fingerprint density at radius 3 is 2.37 bits per heavy atom. The molecule has 0 radical (unpaired) electrons. The Kier molecular flexibility index (Phi) is 6.09. The summed E-state index contributed by atoms with van der Waals surface area (Å²) in [6.07, 6.45) is 1.98. The molecule has 2 aromatic heterocycles. The molecular formula is C19H18F3N5O2S. The maximum absolute atomic E-state index is 13.8. The van der Waals surface area contributed by atoms with Crippen molar-refractivity contribution in [3.05, 3.63) is 42.0 Å². The first-order chi connectivity index (χ1) is 14.2. The van der Waals surface area contributed by atoms with Gasteiger partial charge in [0.15, 0.2) is 5.82 Å². The van der Waals surface area contributed by atoms with E-state index in [0.29, 0.717) is 16.6 Å². The van der Waals surface area contributed by atoms with E-state index in [9.17, 15) is 26.9 Å².